The van der Waals surface area contributed by atoms with E-state index in [0.717, 1.165) is 48.9 Å². The molecule has 2 amide bonds. The molecule has 35 heavy (non-hydrogen) atoms. The van der Waals surface area contributed by atoms with E-state index in [1.807, 2.05) is 48.5 Å². The number of likely N-dealkylation sites (tertiary alicyclic amines) is 1. The van der Waals surface area contributed by atoms with Crippen LogP contribution in [-0.4, -0.2) is 60.7 Å². The summed E-state index contributed by atoms with van der Waals surface area (Å²) in [5, 5.41) is 12.2. The molecular weight excluding hydrogens is 440 g/mol. The van der Waals surface area contributed by atoms with Gasteiger partial charge >= 0.3 is 0 Å². The minimum absolute atomic E-state index is 0.186. The van der Waals surface area contributed by atoms with Crippen LogP contribution in [0.4, 0.5) is 0 Å². The molecule has 0 bridgehead atoms. The smallest absolute Gasteiger partial charge is 0.261 e. The molecule has 2 aliphatic rings. The highest BCUT2D eigenvalue weighted by Gasteiger charge is 2.35. The average Bonchev–Trinajstić information content (AvgIpc) is 2.89. The number of aryl methyl sites for hydroxylation is 1. The zero-order chi connectivity index (χ0) is 24.4. The third kappa shape index (κ3) is 4.95. The number of aliphatic hydroxyl groups is 1. The maximum absolute atomic E-state index is 13.2. The fourth-order valence-corrected chi connectivity index (χ4v) is 5.38. The second-order valence-electron chi connectivity index (χ2n) is 9.79. The highest BCUT2D eigenvalue weighted by Crippen LogP contribution is 2.30. The lowest BCUT2D eigenvalue weighted by Crippen LogP contribution is -3.14. The Balaban J connectivity index is 1.12. The summed E-state index contributed by atoms with van der Waals surface area (Å²) >= 11 is 0. The summed E-state index contributed by atoms with van der Waals surface area (Å²) in [6, 6.07) is 19.3. The van der Waals surface area contributed by atoms with Crippen LogP contribution in [0.15, 0.2) is 60.7 Å². The molecule has 2 aliphatic heterocycles. The molecule has 3 aromatic rings. The quantitative estimate of drug-likeness (QED) is 0.494. The predicted molar refractivity (Wildman–Crippen MR) is 135 cm³/mol. The van der Waals surface area contributed by atoms with Crippen LogP contribution in [0.2, 0.25) is 0 Å². The van der Waals surface area contributed by atoms with Crippen LogP contribution in [0, 0.1) is 5.92 Å². The van der Waals surface area contributed by atoms with Gasteiger partial charge in [0, 0.05) is 35.9 Å². The van der Waals surface area contributed by atoms with Crippen molar-refractivity contribution in [2.75, 3.05) is 32.8 Å². The minimum Gasteiger partial charge on any atom is -0.491 e. The van der Waals surface area contributed by atoms with E-state index in [-0.39, 0.29) is 24.3 Å². The van der Waals surface area contributed by atoms with Gasteiger partial charge < -0.3 is 14.7 Å². The number of hydrogen-bond acceptors (Lipinski definition) is 4. The Bertz CT molecular complexity index is 1160. The number of quaternary nitrogens is 1. The first-order valence-corrected chi connectivity index (χ1v) is 12.6. The zero-order valence-electron chi connectivity index (χ0n) is 20.2. The third-order valence-electron chi connectivity index (χ3n) is 7.41. The molecule has 182 valence electrons. The number of nitrogens with zero attached hydrogens (tertiary/aromatic N) is 1. The van der Waals surface area contributed by atoms with Gasteiger partial charge in [-0.2, -0.15) is 0 Å². The maximum Gasteiger partial charge on any atom is 0.261 e. The van der Waals surface area contributed by atoms with E-state index in [1.54, 1.807) is 0 Å². The van der Waals surface area contributed by atoms with Gasteiger partial charge in [-0.05, 0) is 47.6 Å². The molecule has 6 nitrogen and oxygen atoms in total. The van der Waals surface area contributed by atoms with Gasteiger partial charge in [-0.25, -0.2) is 0 Å². The first kappa shape index (κ1) is 23.5. The van der Waals surface area contributed by atoms with Crippen molar-refractivity contribution in [1.29, 1.82) is 0 Å². The molecule has 3 aromatic carbocycles. The average molecular weight is 474 g/mol. The Hall–Kier alpha value is -3.22. The van der Waals surface area contributed by atoms with E-state index in [4.69, 9.17) is 4.74 Å². The van der Waals surface area contributed by atoms with Crippen molar-refractivity contribution in [3.8, 4) is 5.75 Å². The molecule has 5 rings (SSSR count). The number of hydrogen-bond donors (Lipinski definition) is 2. The first-order chi connectivity index (χ1) is 17.0. The van der Waals surface area contributed by atoms with Crippen LogP contribution >= 0.6 is 0 Å². The second kappa shape index (κ2) is 10.2. The van der Waals surface area contributed by atoms with Crippen molar-refractivity contribution >= 4 is 22.6 Å². The summed E-state index contributed by atoms with van der Waals surface area (Å²) < 4.78 is 5.76. The van der Waals surface area contributed by atoms with Gasteiger partial charge in [-0.1, -0.05) is 43.3 Å². The summed E-state index contributed by atoms with van der Waals surface area (Å²) in [5.74, 6) is 0.687. The molecule has 2 heterocycles. The molecule has 2 N–H and O–H groups in total. The summed E-state index contributed by atoms with van der Waals surface area (Å²) in [6.45, 7) is 5.31. The molecule has 1 fully saturated rings. The van der Waals surface area contributed by atoms with E-state index < -0.39 is 6.10 Å². The highest BCUT2D eigenvalue weighted by atomic mass is 16.5. The Kier molecular flexibility index (Phi) is 6.84. The molecule has 0 spiro atoms. The number of rotatable bonds is 8. The lowest BCUT2D eigenvalue weighted by molar-refractivity contribution is -0.909. The van der Waals surface area contributed by atoms with Gasteiger partial charge in [0.05, 0.1) is 13.1 Å². The molecule has 0 aromatic heterocycles. The highest BCUT2D eigenvalue weighted by molar-refractivity contribution is 6.25. The van der Waals surface area contributed by atoms with Crippen molar-refractivity contribution in [2.45, 2.75) is 32.3 Å². The van der Waals surface area contributed by atoms with Gasteiger partial charge in [-0.15, -0.1) is 0 Å². The van der Waals surface area contributed by atoms with Gasteiger partial charge in [0.2, 0.25) is 0 Å². The topological polar surface area (TPSA) is 71.3 Å². The molecule has 1 atom stereocenters. The number of aliphatic hydroxyl groups excluding tert-OH is 1. The van der Waals surface area contributed by atoms with Crippen molar-refractivity contribution in [3.63, 3.8) is 0 Å². The molecular formula is C29H33N2O4+. The third-order valence-corrected chi connectivity index (χ3v) is 7.41. The number of carbonyl (C=O) groups is 2. The van der Waals surface area contributed by atoms with E-state index >= 15 is 0 Å². The summed E-state index contributed by atoms with van der Waals surface area (Å²) in [4.78, 5) is 29.1. The van der Waals surface area contributed by atoms with Gasteiger partial charge in [0.1, 0.15) is 25.0 Å². The van der Waals surface area contributed by atoms with E-state index in [9.17, 15) is 14.7 Å². The van der Waals surface area contributed by atoms with Crippen molar-refractivity contribution in [2.24, 2.45) is 5.92 Å². The molecule has 1 saturated heterocycles. The summed E-state index contributed by atoms with van der Waals surface area (Å²) in [6.07, 6.45) is 2.30. The normalized spacial score (nSPS) is 20.8. The maximum atomic E-state index is 13.2. The fourth-order valence-electron chi connectivity index (χ4n) is 5.38. The van der Waals surface area contributed by atoms with Crippen LogP contribution in [0.5, 0.6) is 5.75 Å². The van der Waals surface area contributed by atoms with Gasteiger partial charge in [0.15, 0.2) is 0 Å². The van der Waals surface area contributed by atoms with Crippen molar-refractivity contribution < 1.29 is 24.3 Å². The van der Waals surface area contributed by atoms with Gasteiger partial charge in [-0.3, -0.25) is 14.5 Å². The van der Waals surface area contributed by atoms with E-state index in [2.05, 4.69) is 19.1 Å². The van der Waals surface area contributed by atoms with Crippen LogP contribution < -0.4 is 9.64 Å². The zero-order valence-corrected chi connectivity index (χ0v) is 20.2. The molecule has 0 radical (unpaired) electrons. The number of benzene rings is 3. The Labute approximate surface area is 206 Å². The number of ether oxygens (including phenoxy) is 1. The van der Waals surface area contributed by atoms with E-state index in [0.29, 0.717) is 24.2 Å². The summed E-state index contributed by atoms with van der Waals surface area (Å²) in [7, 11) is 0. The molecule has 0 aliphatic carbocycles. The SMILES string of the molecule is CCc1ccc(OC[C@@H](O)C[NH+]2CCC(CN3C(=O)c4cccc5cccc(c45)C3=O)CC2)cc1. The molecule has 0 unspecified atom stereocenters. The van der Waals surface area contributed by atoms with Crippen LogP contribution in [0.25, 0.3) is 10.8 Å². The number of nitrogens with one attached hydrogen (secondary N) is 1. The largest absolute Gasteiger partial charge is 0.491 e. The number of amides is 2. The monoisotopic (exact) mass is 473 g/mol. The Morgan fingerprint density at radius 3 is 2.20 bits per heavy atom. The Morgan fingerprint density at radius 2 is 1.60 bits per heavy atom. The second-order valence-corrected chi connectivity index (χ2v) is 9.79. The summed E-state index contributed by atoms with van der Waals surface area (Å²) in [5.41, 5.74) is 2.50. The van der Waals surface area contributed by atoms with Crippen molar-refractivity contribution in [3.05, 3.63) is 77.4 Å². The standard InChI is InChI=1S/C29H32N2O4/c1-2-20-9-11-24(12-10-20)35-19-23(32)18-30-15-13-21(14-16-30)17-31-28(33)25-7-3-5-22-6-4-8-26(27(22)25)29(31)34/h3-12,21,23,32H,2,13-19H2,1H3/p+1/t23-/m0/s1. The number of carbonyl (C=O) groups excluding carboxylic acids is 2. The van der Waals surface area contributed by atoms with Crippen LogP contribution in [-0.2, 0) is 6.42 Å². The minimum atomic E-state index is -0.533. The van der Waals surface area contributed by atoms with Crippen LogP contribution in [0.1, 0.15) is 46.0 Å². The number of piperidine rings is 1. The van der Waals surface area contributed by atoms with Crippen LogP contribution in [0.3, 0.4) is 0 Å². The number of imide groups is 1. The predicted octanol–water partition coefficient (Wildman–Crippen LogP) is 2.73. The van der Waals surface area contributed by atoms with Crippen molar-refractivity contribution in [1.82, 2.24) is 4.90 Å². The Morgan fingerprint density at radius 1 is 0.971 bits per heavy atom. The lowest BCUT2D eigenvalue weighted by atomic mass is 9.91. The molecule has 0 saturated carbocycles. The lowest BCUT2D eigenvalue weighted by Gasteiger charge is -2.34. The molecule has 6 heteroatoms. The fraction of sp³-hybridized carbons (Fsp3) is 0.379. The van der Waals surface area contributed by atoms with E-state index in [1.165, 1.54) is 15.4 Å². The van der Waals surface area contributed by atoms with Gasteiger partial charge in [0.25, 0.3) is 11.8 Å². The first-order valence-electron chi connectivity index (χ1n) is 12.6.